The molecule has 0 bridgehead atoms. The lowest BCUT2D eigenvalue weighted by Crippen LogP contribution is -2.21. The molecular weight excluding hydrogens is 265 g/mol. The SMILES string of the molecule is CCCCN(c1ccccc1)c1c(F)cccc1C(C)O. The second-order valence-electron chi connectivity index (χ2n) is 5.19. The van der Waals surface area contributed by atoms with Crippen LogP contribution in [0.25, 0.3) is 0 Å². The number of nitrogens with zero attached hydrogens (tertiary/aromatic N) is 1. The van der Waals surface area contributed by atoms with Gasteiger partial charge in [-0.2, -0.15) is 0 Å². The minimum absolute atomic E-state index is 0.298. The molecule has 2 rings (SSSR count). The molecule has 0 amide bonds. The summed E-state index contributed by atoms with van der Waals surface area (Å²) in [6.07, 6.45) is 1.29. The molecule has 0 aromatic heterocycles. The van der Waals surface area contributed by atoms with E-state index in [4.69, 9.17) is 0 Å². The minimum atomic E-state index is -0.705. The van der Waals surface area contributed by atoms with Crippen LogP contribution in [0.15, 0.2) is 48.5 Å². The standard InChI is InChI=1S/C18H22FNO/c1-3-4-13-20(15-9-6-5-7-10-15)18-16(14(2)21)11-8-12-17(18)19/h5-12,14,21H,3-4,13H2,1-2H3. The zero-order chi connectivity index (χ0) is 15.2. The van der Waals surface area contributed by atoms with Crippen molar-refractivity contribution < 1.29 is 9.50 Å². The van der Waals surface area contributed by atoms with Crippen molar-refractivity contribution in [3.63, 3.8) is 0 Å². The van der Waals surface area contributed by atoms with Gasteiger partial charge in [-0.3, -0.25) is 0 Å². The molecular formula is C18H22FNO. The Balaban J connectivity index is 2.51. The third-order valence-electron chi connectivity index (χ3n) is 3.54. The van der Waals surface area contributed by atoms with Crippen molar-refractivity contribution in [1.29, 1.82) is 0 Å². The zero-order valence-electron chi connectivity index (χ0n) is 12.6. The summed E-state index contributed by atoms with van der Waals surface area (Å²) in [5.74, 6) is -0.298. The van der Waals surface area contributed by atoms with Crippen LogP contribution >= 0.6 is 0 Å². The van der Waals surface area contributed by atoms with Gasteiger partial charge in [-0.1, -0.05) is 43.7 Å². The molecule has 0 aliphatic rings. The summed E-state index contributed by atoms with van der Waals surface area (Å²) < 4.78 is 14.4. The van der Waals surface area contributed by atoms with Crippen molar-refractivity contribution in [2.45, 2.75) is 32.8 Å². The molecule has 3 heteroatoms. The van der Waals surface area contributed by atoms with Gasteiger partial charge in [0.15, 0.2) is 0 Å². The van der Waals surface area contributed by atoms with Gasteiger partial charge in [0.25, 0.3) is 0 Å². The molecule has 2 aromatic rings. The van der Waals surface area contributed by atoms with Gasteiger partial charge in [0.2, 0.25) is 0 Å². The van der Waals surface area contributed by atoms with E-state index >= 15 is 0 Å². The van der Waals surface area contributed by atoms with Crippen LogP contribution in [0.4, 0.5) is 15.8 Å². The van der Waals surface area contributed by atoms with Crippen LogP contribution in [-0.4, -0.2) is 11.7 Å². The highest BCUT2D eigenvalue weighted by Gasteiger charge is 2.19. The lowest BCUT2D eigenvalue weighted by molar-refractivity contribution is 0.199. The molecule has 1 unspecified atom stereocenters. The van der Waals surface area contributed by atoms with Gasteiger partial charge in [-0.15, -0.1) is 0 Å². The van der Waals surface area contributed by atoms with E-state index in [2.05, 4.69) is 6.92 Å². The monoisotopic (exact) mass is 287 g/mol. The summed E-state index contributed by atoms with van der Waals surface area (Å²) in [5.41, 5.74) is 2.04. The normalized spacial score (nSPS) is 12.2. The van der Waals surface area contributed by atoms with Crippen molar-refractivity contribution in [2.24, 2.45) is 0 Å². The Bertz CT molecular complexity index is 569. The second-order valence-corrected chi connectivity index (χ2v) is 5.19. The fourth-order valence-electron chi connectivity index (χ4n) is 2.45. The van der Waals surface area contributed by atoms with Gasteiger partial charge >= 0.3 is 0 Å². The smallest absolute Gasteiger partial charge is 0.147 e. The maximum atomic E-state index is 14.4. The third kappa shape index (κ3) is 3.61. The highest BCUT2D eigenvalue weighted by atomic mass is 19.1. The van der Waals surface area contributed by atoms with E-state index in [0.717, 1.165) is 25.1 Å². The minimum Gasteiger partial charge on any atom is -0.389 e. The van der Waals surface area contributed by atoms with Crippen molar-refractivity contribution in [3.05, 3.63) is 59.9 Å². The first-order valence-corrected chi connectivity index (χ1v) is 7.44. The van der Waals surface area contributed by atoms with Gasteiger partial charge in [0.1, 0.15) is 5.82 Å². The third-order valence-corrected chi connectivity index (χ3v) is 3.54. The first-order valence-electron chi connectivity index (χ1n) is 7.44. The Morgan fingerprint density at radius 3 is 2.43 bits per heavy atom. The number of unbranched alkanes of at least 4 members (excludes halogenated alkanes) is 1. The van der Waals surface area contributed by atoms with Gasteiger partial charge in [-0.05, 0) is 31.5 Å². The van der Waals surface area contributed by atoms with E-state index in [-0.39, 0.29) is 5.82 Å². The molecule has 0 radical (unpaired) electrons. The van der Waals surface area contributed by atoms with E-state index in [9.17, 15) is 9.50 Å². The predicted molar refractivity (Wildman–Crippen MR) is 85.4 cm³/mol. The van der Waals surface area contributed by atoms with Crippen LogP contribution < -0.4 is 4.90 Å². The quantitative estimate of drug-likeness (QED) is 0.823. The van der Waals surface area contributed by atoms with Crippen LogP contribution in [0.5, 0.6) is 0 Å². The molecule has 0 aliphatic carbocycles. The van der Waals surface area contributed by atoms with Crippen molar-refractivity contribution >= 4 is 11.4 Å². The Kier molecular flexibility index (Phi) is 5.34. The Morgan fingerprint density at radius 1 is 1.10 bits per heavy atom. The zero-order valence-corrected chi connectivity index (χ0v) is 12.6. The number of halogens is 1. The predicted octanol–water partition coefficient (Wildman–Crippen LogP) is 4.82. The lowest BCUT2D eigenvalue weighted by atomic mass is 10.1. The number of para-hydroxylation sites is 2. The molecule has 2 aromatic carbocycles. The fraction of sp³-hybridized carbons (Fsp3) is 0.333. The van der Waals surface area contributed by atoms with Gasteiger partial charge < -0.3 is 10.0 Å². The molecule has 0 aliphatic heterocycles. The number of benzene rings is 2. The maximum absolute atomic E-state index is 14.4. The van der Waals surface area contributed by atoms with Gasteiger partial charge in [-0.25, -0.2) is 4.39 Å². The number of aliphatic hydroxyl groups is 1. The topological polar surface area (TPSA) is 23.5 Å². The van der Waals surface area contributed by atoms with E-state index in [1.165, 1.54) is 6.07 Å². The fourth-order valence-corrected chi connectivity index (χ4v) is 2.45. The van der Waals surface area contributed by atoms with Crippen molar-refractivity contribution in [2.75, 3.05) is 11.4 Å². The van der Waals surface area contributed by atoms with Gasteiger partial charge in [0, 0.05) is 17.8 Å². The van der Waals surface area contributed by atoms with E-state index < -0.39 is 6.10 Å². The number of rotatable bonds is 6. The summed E-state index contributed by atoms with van der Waals surface area (Å²) in [7, 11) is 0. The maximum Gasteiger partial charge on any atom is 0.147 e. The molecule has 0 fully saturated rings. The second kappa shape index (κ2) is 7.23. The van der Waals surface area contributed by atoms with Crippen LogP contribution in [0.1, 0.15) is 38.4 Å². The lowest BCUT2D eigenvalue weighted by Gasteiger charge is -2.28. The average molecular weight is 287 g/mol. The van der Waals surface area contributed by atoms with Crippen LogP contribution in [0, 0.1) is 5.82 Å². The first kappa shape index (κ1) is 15.5. The van der Waals surface area contributed by atoms with Gasteiger partial charge in [0.05, 0.1) is 11.8 Å². The van der Waals surface area contributed by atoms with Crippen molar-refractivity contribution in [3.8, 4) is 0 Å². The molecule has 1 atom stereocenters. The van der Waals surface area contributed by atoms with Crippen LogP contribution in [0.2, 0.25) is 0 Å². The molecule has 21 heavy (non-hydrogen) atoms. The Hall–Kier alpha value is -1.87. The first-order chi connectivity index (χ1) is 10.1. The van der Waals surface area contributed by atoms with Crippen molar-refractivity contribution in [1.82, 2.24) is 0 Å². The summed E-state index contributed by atoms with van der Waals surface area (Å²) in [6.45, 7) is 4.50. The summed E-state index contributed by atoms with van der Waals surface area (Å²) in [4.78, 5) is 1.96. The Labute approximate surface area is 125 Å². The summed E-state index contributed by atoms with van der Waals surface area (Å²) in [6, 6.07) is 14.6. The molecule has 2 nitrogen and oxygen atoms in total. The molecule has 1 N–H and O–H groups in total. The highest BCUT2D eigenvalue weighted by Crippen LogP contribution is 2.34. The highest BCUT2D eigenvalue weighted by molar-refractivity contribution is 5.67. The number of aliphatic hydroxyl groups excluding tert-OH is 1. The molecule has 0 spiro atoms. The molecule has 0 heterocycles. The molecule has 0 saturated heterocycles. The average Bonchev–Trinajstić information content (AvgIpc) is 2.49. The van der Waals surface area contributed by atoms with E-state index in [1.807, 2.05) is 35.2 Å². The molecule has 0 saturated carbocycles. The van der Waals surface area contributed by atoms with Crippen LogP contribution in [0.3, 0.4) is 0 Å². The van der Waals surface area contributed by atoms with E-state index in [0.29, 0.717) is 11.3 Å². The summed E-state index contributed by atoms with van der Waals surface area (Å²) in [5, 5.41) is 9.96. The van der Waals surface area contributed by atoms with Crippen LogP contribution in [-0.2, 0) is 0 Å². The Morgan fingerprint density at radius 2 is 1.81 bits per heavy atom. The summed E-state index contributed by atoms with van der Waals surface area (Å²) >= 11 is 0. The molecule has 112 valence electrons. The number of hydrogen-bond acceptors (Lipinski definition) is 2. The van der Waals surface area contributed by atoms with E-state index in [1.54, 1.807) is 19.1 Å². The largest absolute Gasteiger partial charge is 0.389 e. The number of anilines is 2. The number of hydrogen-bond donors (Lipinski definition) is 1.